The quantitative estimate of drug-likeness (QED) is 0.173. The normalized spacial score (nSPS) is 12.0. The average Bonchev–Trinajstić information content (AvgIpc) is 4.05. The molecule has 14 rings (SSSR count). The van der Waals surface area contributed by atoms with Crippen molar-refractivity contribution in [1.29, 1.82) is 0 Å². The van der Waals surface area contributed by atoms with E-state index in [1.165, 1.54) is 41.7 Å². The fourth-order valence-electron chi connectivity index (χ4n) is 10.00. The number of fused-ring (bicyclic) bond motifs is 12. The van der Waals surface area contributed by atoms with Gasteiger partial charge in [-0.3, -0.25) is 0 Å². The molecule has 0 unspecified atom stereocenters. The Bertz CT molecular complexity index is 4260. The predicted octanol–water partition coefficient (Wildman–Crippen LogP) is 16.2. The molecule has 5 nitrogen and oxygen atoms in total. The Hall–Kier alpha value is -8.45. The number of hydrogen-bond donors (Lipinski definition) is 0. The molecule has 302 valence electrons. The lowest BCUT2D eigenvalue weighted by molar-refractivity contribution is 0.669. The first-order valence-corrected chi connectivity index (χ1v) is 22.7. The zero-order chi connectivity index (χ0) is 42.6. The maximum absolute atomic E-state index is 7.13. The number of thiophene rings is 1. The molecule has 0 N–H and O–H groups in total. The van der Waals surface area contributed by atoms with Crippen molar-refractivity contribution in [3.05, 3.63) is 206 Å². The van der Waals surface area contributed by atoms with Crippen molar-refractivity contribution in [3.63, 3.8) is 0 Å². The van der Waals surface area contributed by atoms with Crippen molar-refractivity contribution in [2.24, 2.45) is 0 Å². The molecule has 0 fully saturated rings. The molecule has 4 heterocycles. The highest BCUT2D eigenvalue weighted by Crippen LogP contribution is 2.45. The third-order valence-electron chi connectivity index (χ3n) is 13.0. The number of nitrogens with zero attached hydrogens (tertiary/aromatic N) is 4. The largest absolute Gasteiger partial charge is 0.455 e. The third kappa shape index (κ3) is 5.61. The predicted molar refractivity (Wildman–Crippen MR) is 271 cm³/mol. The van der Waals surface area contributed by atoms with Crippen LogP contribution in [0.4, 0.5) is 0 Å². The van der Waals surface area contributed by atoms with Crippen LogP contribution in [-0.4, -0.2) is 19.5 Å². The summed E-state index contributed by atoms with van der Waals surface area (Å²) in [4.78, 5) is 16.4. The van der Waals surface area contributed by atoms with E-state index >= 15 is 0 Å². The minimum absolute atomic E-state index is 0.529. The molecule has 0 saturated carbocycles. The Morgan fingerprint density at radius 1 is 0.369 bits per heavy atom. The van der Waals surface area contributed by atoms with Crippen molar-refractivity contribution in [2.45, 2.75) is 0 Å². The van der Waals surface area contributed by atoms with Crippen molar-refractivity contribution in [1.82, 2.24) is 19.5 Å². The fraction of sp³-hybridized carbons (Fsp3) is 0. The summed E-state index contributed by atoms with van der Waals surface area (Å²) in [6, 6.07) is 73.2. The van der Waals surface area contributed by atoms with Crippen molar-refractivity contribution < 1.29 is 4.42 Å². The molecular weight excluding hydrogens is 813 g/mol. The maximum Gasteiger partial charge on any atom is 0.170 e. The summed E-state index contributed by atoms with van der Waals surface area (Å²) in [5.41, 5.74) is 9.44. The van der Waals surface area contributed by atoms with Crippen LogP contribution in [0.25, 0.3) is 136 Å². The molecule has 0 aliphatic heterocycles. The number of aromatic nitrogens is 4. The Balaban J connectivity index is 1.11. The van der Waals surface area contributed by atoms with Gasteiger partial charge in [-0.25, -0.2) is 15.0 Å². The third-order valence-corrected chi connectivity index (χ3v) is 14.2. The summed E-state index contributed by atoms with van der Waals surface area (Å²) in [5.74, 6) is 1.70. The van der Waals surface area contributed by atoms with Gasteiger partial charge in [0.25, 0.3) is 0 Å². The van der Waals surface area contributed by atoms with Gasteiger partial charge < -0.3 is 8.98 Å². The lowest BCUT2D eigenvalue weighted by Gasteiger charge is -2.15. The molecule has 0 bridgehead atoms. The highest BCUT2D eigenvalue weighted by molar-refractivity contribution is 7.25. The van der Waals surface area contributed by atoms with Crippen LogP contribution in [0.5, 0.6) is 0 Å². The number of rotatable bonds is 5. The zero-order valence-electron chi connectivity index (χ0n) is 34.7. The molecule has 4 aromatic heterocycles. The average molecular weight is 847 g/mol. The van der Waals surface area contributed by atoms with Crippen LogP contribution in [0, 0.1) is 0 Å². The Morgan fingerprint density at radius 3 is 1.89 bits per heavy atom. The molecule has 0 aliphatic carbocycles. The van der Waals surface area contributed by atoms with Gasteiger partial charge in [0.05, 0.1) is 22.3 Å². The van der Waals surface area contributed by atoms with Crippen LogP contribution in [0.1, 0.15) is 0 Å². The van der Waals surface area contributed by atoms with E-state index in [0.717, 1.165) is 77.2 Å². The molecule has 0 radical (unpaired) electrons. The van der Waals surface area contributed by atoms with Gasteiger partial charge in [0.15, 0.2) is 17.5 Å². The van der Waals surface area contributed by atoms with Gasteiger partial charge in [-0.1, -0.05) is 140 Å². The van der Waals surface area contributed by atoms with Gasteiger partial charge in [-0.15, -0.1) is 11.3 Å². The molecule has 14 aromatic rings. The molecule has 0 saturated heterocycles. The molecular formula is C59H34N4OS. The molecule has 0 atom stereocenters. The monoisotopic (exact) mass is 846 g/mol. The van der Waals surface area contributed by atoms with E-state index in [0.29, 0.717) is 17.5 Å². The van der Waals surface area contributed by atoms with Gasteiger partial charge in [-0.05, 0) is 99.4 Å². The maximum atomic E-state index is 7.13. The zero-order valence-corrected chi connectivity index (χ0v) is 35.6. The van der Waals surface area contributed by atoms with Crippen molar-refractivity contribution >= 4 is 96.8 Å². The number of furan rings is 1. The summed E-state index contributed by atoms with van der Waals surface area (Å²) < 4.78 is 12.0. The smallest absolute Gasteiger partial charge is 0.170 e. The summed E-state index contributed by atoms with van der Waals surface area (Å²) in [7, 11) is 0. The van der Waals surface area contributed by atoms with Gasteiger partial charge in [0.2, 0.25) is 0 Å². The minimum Gasteiger partial charge on any atom is -0.455 e. The Morgan fingerprint density at radius 2 is 1.03 bits per heavy atom. The first-order chi connectivity index (χ1) is 32.2. The van der Waals surface area contributed by atoms with Gasteiger partial charge in [-0.2, -0.15) is 0 Å². The Labute approximate surface area is 376 Å². The SMILES string of the molecule is c1ccc(-c2cccc(-c3nc(-c4ccc5sc6ccccc6c5c4)nc(-c4c(-n5c6ccccc6c6cc7ccccc7cc65)ccc5c4oc4ccc6ccccc6c45)n3)c2)cc1. The molecule has 0 aliphatic rings. The summed E-state index contributed by atoms with van der Waals surface area (Å²) in [6.45, 7) is 0. The Kier molecular flexibility index (Phi) is 7.79. The second kappa shape index (κ2) is 14.0. The van der Waals surface area contributed by atoms with E-state index in [4.69, 9.17) is 19.4 Å². The van der Waals surface area contributed by atoms with Crippen LogP contribution in [-0.2, 0) is 0 Å². The van der Waals surface area contributed by atoms with Crippen molar-refractivity contribution in [2.75, 3.05) is 0 Å². The van der Waals surface area contributed by atoms with Crippen LogP contribution in [0.15, 0.2) is 211 Å². The van der Waals surface area contributed by atoms with E-state index in [1.54, 1.807) is 11.3 Å². The number of para-hydroxylation sites is 1. The number of benzene rings is 10. The topological polar surface area (TPSA) is 56.7 Å². The lowest BCUT2D eigenvalue weighted by atomic mass is 10.0. The summed E-state index contributed by atoms with van der Waals surface area (Å²) >= 11 is 1.80. The van der Waals surface area contributed by atoms with E-state index in [1.807, 2.05) is 6.07 Å². The van der Waals surface area contributed by atoms with E-state index < -0.39 is 0 Å². The highest BCUT2D eigenvalue weighted by atomic mass is 32.1. The van der Waals surface area contributed by atoms with Crippen molar-refractivity contribution in [3.8, 4) is 51.0 Å². The van der Waals surface area contributed by atoms with Crippen LogP contribution in [0.2, 0.25) is 0 Å². The highest BCUT2D eigenvalue weighted by Gasteiger charge is 2.26. The van der Waals surface area contributed by atoms with Crippen LogP contribution < -0.4 is 0 Å². The molecule has 10 aromatic carbocycles. The van der Waals surface area contributed by atoms with E-state index in [9.17, 15) is 0 Å². The molecule has 0 amide bonds. The first-order valence-electron chi connectivity index (χ1n) is 21.8. The molecule has 65 heavy (non-hydrogen) atoms. The second-order valence-electron chi connectivity index (χ2n) is 16.7. The lowest BCUT2D eigenvalue weighted by Crippen LogP contribution is -2.04. The fourth-order valence-corrected chi connectivity index (χ4v) is 11.1. The van der Waals surface area contributed by atoms with Gasteiger partial charge in [0, 0.05) is 52.8 Å². The van der Waals surface area contributed by atoms with Crippen LogP contribution >= 0.6 is 11.3 Å². The van der Waals surface area contributed by atoms with E-state index in [-0.39, 0.29) is 0 Å². The minimum atomic E-state index is 0.529. The van der Waals surface area contributed by atoms with E-state index in [2.05, 4.69) is 205 Å². The summed E-state index contributed by atoms with van der Waals surface area (Å²) in [5, 5.41) is 11.5. The standard InChI is InChI=1S/C59H34N4OS/c1-2-13-35(14-3-1)37-18-12-19-40(31-37)57-60-58(41-26-30-53-47(33-41)44-22-9-11-24-52(44)65-53)62-59(61-57)55-49(28-27-45-54-42-20-7-6-15-36(42)25-29-51(54)64-56(45)55)63-48-23-10-8-21-43(48)46-32-38-16-4-5-17-39(38)34-50(46)63/h1-34H. The van der Waals surface area contributed by atoms with Gasteiger partial charge in [0.1, 0.15) is 11.2 Å². The van der Waals surface area contributed by atoms with Crippen LogP contribution in [0.3, 0.4) is 0 Å². The molecule has 0 spiro atoms. The first kappa shape index (κ1) is 36.1. The van der Waals surface area contributed by atoms with Gasteiger partial charge >= 0.3 is 0 Å². The molecule has 6 heteroatoms. The number of hydrogen-bond acceptors (Lipinski definition) is 5. The second-order valence-corrected chi connectivity index (χ2v) is 17.8. The summed E-state index contributed by atoms with van der Waals surface area (Å²) in [6.07, 6.45) is 0.